The molecule has 0 bridgehead atoms. The van der Waals surface area contributed by atoms with E-state index in [0.29, 0.717) is 18.2 Å². The summed E-state index contributed by atoms with van der Waals surface area (Å²) in [5.74, 6) is -6.39. The van der Waals surface area contributed by atoms with E-state index in [-0.39, 0.29) is 16.8 Å². The number of pyridine rings is 1. The molecule has 1 atom stereocenters. The summed E-state index contributed by atoms with van der Waals surface area (Å²) in [6, 6.07) is 2.15. The Morgan fingerprint density at radius 3 is 2.38 bits per heavy atom. The lowest BCUT2D eigenvalue weighted by atomic mass is 10.00. The molecule has 29 heavy (non-hydrogen) atoms. The summed E-state index contributed by atoms with van der Waals surface area (Å²) in [6.45, 7) is 1.34. The number of nitrogens with zero attached hydrogens (tertiary/aromatic N) is 1. The molecule has 1 aromatic carbocycles. The third kappa shape index (κ3) is 4.97. The van der Waals surface area contributed by atoms with E-state index in [1.807, 2.05) is 0 Å². The number of nitrogens with two attached hydrogens (primary N) is 1. The average molecular weight is 434 g/mol. The summed E-state index contributed by atoms with van der Waals surface area (Å²) in [7, 11) is -4.52. The van der Waals surface area contributed by atoms with Gasteiger partial charge in [-0.15, -0.1) is 0 Å². The second-order valence-corrected chi connectivity index (χ2v) is 8.28. The fraction of sp³-hybridized carbons (Fsp3) is 0.222. The number of halogens is 5. The molecular formula is C18H15F5N2O3S. The Labute approximate surface area is 163 Å². The highest BCUT2D eigenvalue weighted by Crippen LogP contribution is 2.37. The predicted molar refractivity (Wildman–Crippen MR) is 94.4 cm³/mol. The number of allylic oxidation sites excluding steroid dienone is 1. The summed E-state index contributed by atoms with van der Waals surface area (Å²) in [6.07, 6.45) is -1.53. The third-order valence-corrected chi connectivity index (χ3v) is 6.10. The third-order valence-electron chi connectivity index (χ3n) is 4.09. The van der Waals surface area contributed by atoms with Gasteiger partial charge in [0.05, 0.1) is 5.75 Å². The summed E-state index contributed by atoms with van der Waals surface area (Å²) >= 11 is 0. The SMILES string of the molecule is Cc1cc(C(N)=O)ncc1C(c1c(F)ccc(F)c1F)S(=O)(=O)CCC=C(F)F. The summed E-state index contributed by atoms with van der Waals surface area (Å²) in [5, 5.41) is -2.08. The van der Waals surface area contributed by atoms with Crippen molar-refractivity contribution >= 4 is 15.7 Å². The first kappa shape index (κ1) is 22.5. The monoisotopic (exact) mass is 434 g/mol. The molecule has 0 radical (unpaired) electrons. The van der Waals surface area contributed by atoms with Gasteiger partial charge in [-0.1, -0.05) is 0 Å². The fourth-order valence-electron chi connectivity index (χ4n) is 2.74. The van der Waals surface area contributed by atoms with Crippen molar-refractivity contribution in [3.05, 3.63) is 76.4 Å². The van der Waals surface area contributed by atoms with Gasteiger partial charge in [0, 0.05) is 11.8 Å². The van der Waals surface area contributed by atoms with Crippen LogP contribution in [-0.2, 0) is 9.84 Å². The molecule has 1 unspecified atom stereocenters. The van der Waals surface area contributed by atoms with E-state index in [1.54, 1.807) is 0 Å². The van der Waals surface area contributed by atoms with Crippen LogP contribution in [0.2, 0.25) is 0 Å². The molecule has 1 aromatic heterocycles. The van der Waals surface area contributed by atoms with E-state index in [9.17, 15) is 35.2 Å². The van der Waals surface area contributed by atoms with E-state index >= 15 is 0 Å². The molecular weight excluding hydrogens is 419 g/mol. The molecule has 0 saturated carbocycles. The van der Waals surface area contributed by atoms with Crippen LogP contribution in [0.3, 0.4) is 0 Å². The maximum Gasteiger partial charge on any atom is 0.267 e. The van der Waals surface area contributed by atoms with Gasteiger partial charge in [0.1, 0.15) is 16.8 Å². The number of hydrogen-bond acceptors (Lipinski definition) is 4. The molecule has 0 spiro atoms. The van der Waals surface area contributed by atoms with Crippen molar-refractivity contribution in [2.45, 2.75) is 18.6 Å². The number of primary amides is 1. The number of amides is 1. The van der Waals surface area contributed by atoms with E-state index in [0.717, 1.165) is 12.3 Å². The van der Waals surface area contributed by atoms with Gasteiger partial charge in [-0.25, -0.2) is 21.6 Å². The van der Waals surface area contributed by atoms with Gasteiger partial charge < -0.3 is 5.73 Å². The van der Waals surface area contributed by atoms with E-state index in [4.69, 9.17) is 5.73 Å². The van der Waals surface area contributed by atoms with Crippen LogP contribution in [0.25, 0.3) is 0 Å². The lowest BCUT2D eigenvalue weighted by Crippen LogP contribution is -2.23. The van der Waals surface area contributed by atoms with Crippen molar-refractivity contribution in [2.24, 2.45) is 5.73 Å². The van der Waals surface area contributed by atoms with Gasteiger partial charge in [-0.3, -0.25) is 9.78 Å². The van der Waals surface area contributed by atoms with Crippen molar-refractivity contribution in [1.82, 2.24) is 4.98 Å². The number of sulfone groups is 1. The number of hydrogen-bond donors (Lipinski definition) is 1. The summed E-state index contributed by atoms with van der Waals surface area (Å²) in [4.78, 5) is 14.9. The van der Waals surface area contributed by atoms with Crippen LogP contribution in [0.5, 0.6) is 0 Å². The number of carbonyl (C=O) groups is 1. The first-order valence-corrected chi connectivity index (χ1v) is 9.79. The Balaban J connectivity index is 2.73. The van der Waals surface area contributed by atoms with Gasteiger partial charge in [-0.05, 0) is 48.7 Å². The molecule has 11 heteroatoms. The molecule has 0 fully saturated rings. The second-order valence-electron chi connectivity index (χ2n) is 6.08. The molecule has 0 aliphatic heterocycles. The van der Waals surface area contributed by atoms with Crippen molar-refractivity contribution < 1.29 is 35.2 Å². The Kier molecular flexibility index (Phi) is 6.73. The highest BCUT2D eigenvalue weighted by Gasteiger charge is 2.36. The smallest absolute Gasteiger partial charge is 0.267 e. The zero-order valence-electron chi connectivity index (χ0n) is 14.9. The first-order chi connectivity index (χ1) is 13.5. The lowest BCUT2D eigenvalue weighted by molar-refractivity contribution is 0.0995. The molecule has 5 nitrogen and oxygen atoms in total. The molecule has 2 aromatic rings. The Morgan fingerprint density at radius 2 is 1.83 bits per heavy atom. The van der Waals surface area contributed by atoms with Gasteiger partial charge in [0.2, 0.25) is 0 Å². The fourth-order valence-corrected chi connectivity index (χ4v) is 4.63. The zero-order chi connectivity index (χ0) is 21.9. The highest BCUT2D eigenvalue weighted by molar-refractivity contribution is 7.91. The number of aryl methyl sites for hydroxylation is 1. The molecule has 1 amide bonds. The van der Waals surface area contributed by atoms with Crippen molar-refractivity contribution in [2.75, 3.05) is 5.75 Å². The second kappa shape index (κ2) is 8.68. The maximum atomic E-state index is 14.4. The van der Waals surface area contributed by atoms with Crippen molar-refractivity contribution in [1.29, 1.82) is 0 Å². The Bertz CT molecular complexity index is 1080. The molecule has 1 heterocycles. The normalized spacial score (nSPS) is 12.5. The average Bonchev–Trinajstić information content (AvgIpc) is 2.61. The molecule has 156 valence electrons. The van der Waals surface area contributed by atoms with E-state index in [1.165, 1.54) is 6.92 Å². The van der Waals surface area contributed by atoms with E-state index < -0.39 is 62.3 Å². The van der Waals surface area contributed by atoms with Crippen LogP contribution in [0.1, 0.15) is 38.8 Å². The van der Waals surface area contributed by atoms with E-state index in [2.05, 4.69) is 4.98 Å². The summed E-state index contributed by atoms with van der Waals surface area (Å²) < 4.78 is 92.8. The van der Waals surface area contributed by atoms with Gasteiger partial charge in [0.25, 0.3) is 12.0 Å². The minimum absolute atomic E-state index is 0.0812. The number of aromatic nitrogens is 1. The molecule has 0 aliphatic rings. The largest absolute Gasteiger partial charge is 0.364 e. The molecule has 2 N–H and O–H groups in total. The Hall–Kier alpha value is -2.82. The topological polar surface area (TPSA) is 90.1 Å². The summed E-state index contributed by atoms with van der Waals surface area (Å²) in [5.41, 5.74) is 3.60. The number of benzene rings is 1. The van der Waals surface area contributed by atoms with Crippen molar-refractivity contribution in [3.8, 4) is 0 Å². The number of carbonyl (C=O) groups excluding carboxylic acids is 1. The lowest BCUT2D eigenvalue weighted by Gasteiger charge is -2.21. The van der Waals surface area contributed by atoms with Crippen LogP contribution < -0.4 is 5.73 Å². The number of rotatable bonds is 7. The highest BCUT2D eigenvalue weighted by atomic mass is 32.2. The van der Waals surface area contributed by atoms with Crippen molar-refractivity contribution in [3.63, 3.8) is 0 Å². The Morgan fingerprint density at radius 1 is 1.21 bits per heavy atom. The zero-order valence-corrected chi connectivity index (χ0v) is 15.7. The van der Waals surface area contributed by atoms with Crippen LogP contribution in [0.4, 0.5) is 22.0 Å². The maximum absolute atomic E-state index is 14.4. The minimum atomic E-state index is -4.52. The van der Waals surface area contributed by atoms with Crippen LogP contribution in [0, 0.1) is 24.4 Å². The minimum Gasteiger partial charge on any atom is -0.364 e. The molecule has 0 saturated heterocycles. The predicted octanol–water partition coefficient (Wildman–Crippen LogP) is 3.58. The molecule has 0 aliphatic carbocycles. The molecule has 2 rings (SSSR count). The first-order valence-electron chi connectivity index (χ1n) is 8.08. The van der Waals surface area contributed by atoms with Gasteiger partial charge in [0.15, 0.2) is 21.5 Å². The quantitative estimate of drug-likeness (QED) is 0.533. The van der Waals surface area contributed by atoms with Gasteiger partial charge >= 0.3 is 0 Å². The van der Waals surface area contributed by atoms with Crippen LogP contribution >= 0.6 is 0 Å². The standard InChI is InChI=1S/C18H15F5N2O3S/c1-9-7-13(18(24)26)25-8-10(9)17(29(27,28)6-2-3-14(21)22)15-11(19)4-5-12(20)16(15)23/h3-5,7-8,17H,2,6H2,1H3,(H2,24,26). The van der Waals surface area contributed by atoms with Gasteiger partial charge in [-0.2, -0.15) is 8.78 Å². The van der Waals surface area contributed by atoms with Crippen LogP contribution in [0.15, 0.2) is 36.6 Å². The van der Waals surface area contributed by atoms with Crippen LogP contribution in [-0.4, -0.2) is 25.1 Å².